The van der Waals surface area contributed by atoms with E-state index in [1.54, 1.807) is 0 Å². The molecule has 3 N–H and O–H groups in total. The number of hydrogen-bond donors (Lipinski definition) is 3. The summed E-state index contributed by atoms with van der Waals surface area (Å²) in [6, 6.07) is 1.77. The topological polar surface area (TPSA) is 74.2 Å². The third kappa shape index (κ3) is 6.15. The summed E-state index contributed by atoms with van der Waals surface area (Å²) in [6.07, 6.45) is 1.67. The molecule has 0 aliphatic carbocycles. The monoisotopic (exact) mass is 269 g/mol. The molecule has 19 heavy (non-hydrogen) atoms. The van der Waals surface area contributed by atoms with Crippen LogP contribution in [0.1, 0.15) is 27.2 Å². The fourth-order valence-electron chi connectivity index (χ4n) is 1.69. The van der Waals surface area contributed by atoms with Crippen LogP contribution in [0.3, 0.4) is 0 Å². The minimum absolute atomic E-state index is 0.00516. The van der Waals surface area contributed by atoms with Crippen molar-refractivity contribution in [3.8, 4) is 0 Å². The molecule has 1 rings (SSSR count). The van der Waals surface area contributed by atoms with Gasteiger partial charge in [-0.15, -0.1) is 0 Å². The zero-order chi connectivity index (χ0) is 14.5. The Bertz CT molecular complexity index is 415. The van der Waals surface area contributed by atoms with E-state index in [1.807, 2.05) is 20.8 Å². The summed E-state index contributed by atoms with van der Waals surface area (Å²) >= 11 is 0. The summed E-state index contributed by atoms with van der Waals surface area (Å²) < 4.78 is 12.7. The van der Waals surface area contributed by atoms with Crippen LogP contribution in [0.25, 0.3) is 0 Å². The number of halogens is 1. The van der Waals surface area contributed by atoms with Crippen LogP contribution in [-0.2, 0) is 0 Å². The van der Waals surface area contributed by atoms with E-state index in [2.05, 4.69) is 15.6 Å². The highest BCUT2D eigenvalue weighted by Gasteiger charge is 2.19. The molecule has 1 heterocycles. The van der Waals surface area contributed by atoms with Gasteiger partial charge in [0.15, 0.2) is 0 Å². The lowest BCUT2D eigenvalue weighted by Crippen LogP contribution is -2.42. The number of rotatable bonds is 4. The van der Waals surface area contributed by atoms with Crippen molar-refractivity contribution in [1.82, 2.24) is 10.3 Å². The Kier molecular flexibility index (Phi) is 5.23. The minimum atomic E-state index is -0.470. The second kappa shape index (κ2) is 6.47. The van der Waals surface area contributed by atoms with Gasteiger partial charge in [-0.25, -0.2) is 14.2 Å². The van der Waals surface area contributed by atoms with E-state index >= 15 is 0 Å². The van der Waals surface area contributed by atoms with Crippen LogP contribution in [0.5, 0.6) is 0 Å². The number of hydrogen-bond acceptors (Lipinski definition) is 3. The van der Waals surface area contributed by atoms with Crippen LogP contribution in [0.2, 0.25) is 0 Å². The van der Waals surface area contributed by atoms with E-state index in [1.165, 1.54) is 12.1 Å². The van der Waals surface area contributed by atoms with Gasteiger partial charge >= 0.3 is 6.03 Å². The molecule has 1 aromatic rings. The smallest absolute Gasteiger partial charge is 0.320 e. The molecule has 0 unspecified atom stereocenters. The minimum Gasteiger partial charge on any atom is -0.394 e. The summed E-state index contributed by atoms with van der Waals surface area (Å²) in [5.74, 6) is -0.210. The van der Waals surface area contributed by atoms with Gasteiger partial charge in [0.2, 0.25) is 0 Å². The lowest BCUT2D eigenvalue weighted by Gasteiger charge is -2.25. The molecule has 0 aliphatic rings. The molecule has 106 valence electrons. The molecule has 0 aliphatic heterocycles. The molecular formula is C13H20FN3O2. The first-order valence-corrected chi connectivity index (χ1v) is 6.10. The van der Waals surface area contributed by atoms with Crippen LogP contribution >= 0.6 is 0 Å². The quantitative estimate of drug-likeness (QED) is 0.784. The Balaban J connectivity index is 2.51. The predicted molar refractivity (Wildman–Crippen MR) is 71.3 cm³/mol. The standard InChI is InChI=1S/C13H20FN3O2/c1-13(2,3)6-10(8-18)16-12(19)17-11-5-4-9(14)7-15-11/h4-5,7,10,18H,6,8H2,1-3H3,(H2,15,16,17,19)/t10-/m1/s1. The van der Waals surface area contributed by atoms with Gasteiger partial charge in [0.05, 0.1) is 18.8 Å². The van der Waals surface area contributed by atoms with Gasteiger partial charge < -0.3 is 10.4 Å². The van der Waals surface area contributed by atoms with Gasteiger partial charge in [0.1, 0.15) is 11.6 Å². The maximum atomic E-state index is 12.7. The fraction of sp³-hybridized carbons (Fsp3) is 0.538. The number of aromatic nitrogens is 1. The number of aliphatic hydroxyl groups is 1. The van der Waals surface area contributed by atoms with Crippen molar-refractivity contribution < 1.29 is 14.3 Å². The van der Waals surface area contributed by atoms with Gasteiger partial charge in [-0.3, -0.25) is 5.32 Å². The lowest BCUT2D eigenvalue weighted by atomic mass is 9.88. The van der Waals surface area contributed by atoms with Gasteiger partial charge in [-0.1, -0.05) is 20.8 Å². The number of carbonyl (C=O) groups excluding carboxylic acids is 1. The third-order valence-corrected chi connectivity index (χ3v) is 2.38. The third-order valence-electron chi connectivity index (χ3n) is 2.38. The SMILES string of the molecule is CC(C)(C)C[C@H](CO)NC(=O)Nc1ccc(F)cn1. The molecule has 1 atom stereocenters. The Hall–Kier alpha value is -1.69. The van der Waals surface area contributed by atoms with Crippen LogP contribution < -0.4 is 10.6 Å². The molecule has 0 saturated heterocycles. The van der Waals surface area contributed by atoms with E-state index in [-0.39, 0.29) is 23.9 Å². The summed E-state index contributed by atoms with van der Waals surface area (Å²) in [7, 11) is 0. The van der Waals surface area contributed by atoms with Gasteiger partial charge in [0, 0.05) is 0 Å². The average molecular weight is 269 g/mol. The number of urea groups is 1. The number of aliphatic hydroxyl groups excluding tert-OH is 1. The lowest BCUT2D eigenvalue weighted by molar-refractivity contribution is 0.196. The van der Waals surface area contributed by atoms with E-state index < -0.39 is 11.8 Å². The zero-order valence-corrected chi connectivity index (χ0v) is 11.4. The van der Waals surface area contributed by atoms with Crippen LogP contribution in [0, 0.1) is 11.2 Å². The molecule has 5 nitrogen and oxygen atoms in total. The summed E-state index contributed by atoms with van der Waals surface area (Å²) in [5, 5.41) is 14.4. The van der Waals surface area contributed by atoms with Gasteiger partial charge in [-0.05, 0) is 24.0 Å². The van der Waals surface area contributed by atoms with Crippen LogP contribution in [-0.4, -0.2) is 28.8 Å². The second-order valence-electron chi connectivity index (χ2n) is 5.60. The molecular weight excluding hydrogens is 249 g/mol. The number of pyridine rings is 1. The number of amides is 2. The molecule has 0 radical (unpaired) electrons. The number of carbonyl (C=O) groups is 1. The highest BCUT2D eigenvalue weighted by molar-refractivity contribution is 5.88. The van der Waals surface area contributed by atoms with E-state index in [4.69, 9.17) is 0 Å². The first kappa shape index (κ1) is 15.4. The van der Waals surface area contributed by atoms with Crippen LogP contribution in [0.4, 0.5) is 15.0 Å². The highest BCUT2D eigenvalue weighted by atomic mass is 19.1. The van der Waals surface area contributed by atoms with Crippen molar-refractivity contribution in [3.05, 3.63) is 24.1 Å². The second-order valence-corrected chi connectivity index (χ2v) is 5.60. The number of nitrogens with one attached hydrogen (secondary N) is 2. The first-order chi connectivity index (χ1) is 8.80. The number of nitrogens with zero attached hydrogens (tertiary/aromatic N) is 1. The molecule has 0 aromatic carbocycles. The molecule has 0 fully saturated rings. The molecule has 0 saturated carbocycles. The summed E-state index contributed by atoms with van der Waals surface area (Å²) in [4.78, 5) is 15.4. The average Bonchev–Trinajstić information content (AvgIpc) is 2.29. The van der Waals surface area contributed by atoms with Gasteiger partial charge in [-0.2, -0.15) is 0 Å². The normalized spacial score (nSPS) is 12.9. The first-order valence-electron chi connectivity index (χ1n) is 6.10. The molecule has 0 bridgehead atoms. The Labute approximate surface area is 112 Å². The molecule has 2 amide bonds. The maximum Gasteiger partial charge on any atom is 0.320 e. The zero-order valence-electron chi connectivity index (χ0n) is 11.4. The fourth-order valence-corrected chi connectivity index (χ4v) is 1.69. The van der Waals surface area contributed by atoms with Gasteiger partial charge in [0.25, 0.3) is 0 Å². The van der Waals surface area contributed by atoms with E-state index in [0.717, 1.165) is 6.20 Å². The Morgan fingerprint density at radius 2 is 2.16 bits per heavy atom. The van der Waals surface area contributed by atoms with Crippen molar-refractivity contribution in [1.29, 1.82) is 0 Å². The Morgan fingerprint density at radius 3 is 2.63 bits per heavy atom. The van der Waals surface area contributed by atoms with E-state index in [0.29, 0.717) is 6.42 Å². The van der Waals surface area contributed by atoms with Crippen molar-refractivity contribution in [2.75, 3.05) is 11.9 Å². The number of anilines is 1. The van der Waals surface area contributed by atoms with E-state index in [9.17, 15) is 14.3 Å². The maximum absolute atomic E-state index is 12.7. The molecule has 0 spiro atoms. The molecule has 1 aromatic heterocycles. The van der Waals surface area contributed by atoms with Crippen LogP contribution in [0.15, 0.2) is 18.3 Å². The van der Waals surface area contributed by atoms with Crippen molar-refractivity contribution >= 4 is 11.8 Å². The summed E-state index contributed by atoms with van der Waals surface area (Å²) in [5.41, 5.74) is -0.00516. The predicted octanol–water partition coefficient (Wildman–Crippen LogP) is 2.14. The molecule has 6 heteroatoms. The highest BCUT2D eigenvalue weighted by Crippen LogP contribution is 2.20. The van der Waals surface area contributed by atoms with Crippen molar-refractivity contribution in [3.63, 3.8) is 0 Å². The largest absolute Gasteiger partial charge is 0.394 e. The van der Waals surface area contributed by atoms with Crippen molar-refractivity contribution in [2.24, 2.45) is 5.41 Å². The summed E-state index contributed by atoms with van der Waals surface area (Å²) in [6.45, 7) is 5.94. The Morgan fingerprint density at radius 1 is 1.47 bits per heavy atom. The van der Waals surface area contributed by atoms with Crippen molar-refractivity contribution in [2.45, 2.75) is 33.2 Å².